The van der Waals surface area contributed by atoms with Crippen LogP contribution in [0.25, 0.3) is 0 Å². The molecule has 0 fully saturated rings. The van der Waals surface area contributed by atoms with Crippen molar-refractivity contribution in [2.45, 2.75) is 51.4 Å². The number of carboxylic acid groups (broad SMARTS) is 1. The minimum atomic E-state index is -1.78. The van der Waals surface area contributed by atoms with Gasteiger partial charge in [0, 0.05) is 6.61 Å². The van der Waals surface area contributed by atoms with Gasteiger partial charge in [-0.2, -0.15) is 0 Å². The van der Waals surface area contributed by atoms with E-state index in [0.717, 1.165) is 0 Å². The summed E-state index contributed by atoms with van der Waals surface area (Å²) in [6.45, 7) is 11.0. The molecule has 5 nitrogen and oxygen atoms in total. The van der Waals surface area contributed by atoms with Gasteiger partial charge >= 0.3 is 6.09 Å². The van der Waals surface area contributed by atoms with Crippen molar-refractivity contribution in [3.05, 3.63) is 0 Å². The molecule has 0 bridgehead atoms. The first-order valence-corrected chi connectivity index (χ1v) is 8.75. The van der Waals surface area contributed by atoms with Crippen LogP contribution in [0.4, 0.5) is 4.79 Å². The number of hydrogen-bond acceptors (Lipinski definition) is 3. The summed E-state index contributed by atoms with van der Waals surface area (Å²) in [5.74, 6) is 0. The summed E-state index contributed by atoms with van der Waals surface area (Å²) in [5, 5.41) is 19.9. The molecule has 3 N–H and O–H groups in total. The van der Waals surface area contributed by atoms with E-state index in [0.29, 0.717) is 13.0 Å². The van der Waals surface area contributed by atoms with Gasteiger partial charge in [0.1, 0.15) is 0 Å². The molecule has 0 aromatic carbocycles. The van der Waals surface area contributed by atoms with Gasteiger partial charge in [-0.3, -0.25) is 0 Å². The van der Waals surface area contributed by atoms with E-state index in [2.05, 4.69) is 39.2 Å². The van der Waals surface area contributed by atoms with Crippen LogP contribution in [0, 0.1) is 0 Å². The van der Waals surface area contributed by atoms with Crippen molar-refractivity contribution in [1.82, 2.24) is 5.32 Å². The molecule has 0 aliphatic carbocycles. The number of hydrogen-bond donors (Lipinski definition) is 3. The summed E-state index contributed by atoms with van der Waals surface area (Å²) >= 11 is 0. The molecule has 0 saturated heterocycles. The first kappa shape index (κ1) is 16.4. The van der Waals surface area contributed by atoms with Crippen LogP contribution in [-0.2, 0) is 4.43 Å². The zero-order valence-corrected chi connectivity index (χ0v) is 12.4. The fourth-order valence-corrected chi connectivity index (χ4v) is 2.12. The Morgan fingerprint density at radius 2 is 1.94 bits per heavy atom. The van der Waals surface area contributed by atoms with E-state index in [-0.39, 0.29) is 11.6 Å². The van der Waals surface area contributed by atoms with Gasteiger partial charge in [0.15, 0.2) is 8.32 Å². The molecule has 0 saturated carbocycles. The quantitative estimate of drug-likeness (QED) is 0.641. The molecular formula is C11H25NO4Si. The van der Waals surface area contributed by atoms with E-state index < -0.39 is 20.5 Å². The van der Waals surface area contributed by atoms with Gasteiger partial charge in [-0.25, -0.2) is 4.79 Å². The number of rotatable bonds is 6. The van der Waals surface area contributed by atoms with Crippen molar-refractivity contribution in [1.29, 1.82) is 0 Å². The minimum Gasteiger partial charge on any atom is -0.465 e. The lowest BCUT2D eigenvalue weighted by Crippen LogP contribution is -2.43. The van der Waals surface area contributed by atoms with Gasteiger partial charge in [-0.05, 0) is 24.6 Å². The third-order valence-corrected chi connectivity index (χ3v) is 7.82. The van der Waals surface area contributed by atoms with Crippen LogP contribution in [0.5, 0.6) is 0 Å². The standard InChI is InChI=1S/C11H25NO4Si/c1-11(2,3)17(4,5)16-7-6-9(8-13)12-10(14)15/h9,12-13H,6-8H2,1-5H3,(H,14,15)/t9-/m1/s1. The zero-order valence-electron chi connectivity index (χ0n) is 11.4. The Morgan fingerprint density at radius 3 is 2.29 bits per heavy atom. The lowest BCUT2D eigenvalue weighted by atomic mass is 10.2. The lowest BCUT2D eigenvalue weighted by Gasteiger charge is -2.36. The highest BCUT2D eigenvalue weighted by molar-refractivity contribution is 6.74. The Balaban J connectivity index is 4.09. The molecule has 0 aliphatic heterocycles. The summed E-state index contributed by atoms with van der Waals surface area (Å²) in [7, 11) is -1.78. The Labute approximate surface area is 104 Å². The number of aliphatic hydroxyl groups excluding tert-OH is 1. The largest absolute Gasteiger partial charge is 0.465 e. The second kappa shape index (κ2) is 6.37. The van der Waals surface area contributed by atoms with E-state index in [4.69, 9.17) is 14.6 Å². The van der Waals surface area contributed by atoms with E-state index in [1.807, 2.05) is 0 Å². The molecule has 0 aliphatic rings. The van der Waals surface area contributed by atoms with E-state index in [9.17, 15) is 4.79 Å². The molecule has 0 aromatic heterocycles. The van der Waals surface area contributed by atoms with E-state index in [1.165, 1.54) is 0 Å². The van der Waals surface area contributed by atoms with E-state index >= 15 is 0 Å². The highest BCUT2D eigenvalue weighted by atomic mass is 28.4. The maximum atomic E-state index is 10.4. The Kier molecular flexibility index (Phi) is 6.15. The molecule has 1 atom stereocenters. The molecule has 0 rings (SSSR count). The van der Waals surface area contributed by atoms with Gasteiger partial charge < -0.3 is 20.0 Å². The summed E-state index contributed by atoms with van der Waals surface area (Å²) in [6, 6.07) is -0.447. The minimum absolute atomic E-state index is 0.141. The summed E-state index contributed by atoms with van der Waals surface area (Å²) < 4.78 is 5.90. The molecule has 102 valence electrons. The average molecular weight is 263 g/mol. The molecular weight excluding hydrogens is 238 g/mol. The average Bonchev–Trinajstić information content (AvgIpc) is 2.13. The highest BCUT2D eigenvalue weighted by Crippen LogP contribution is 2.36. The number of amides is 1. The van der Waals surface area contributed by atoms with Crippen molar-refractivity contribution in [2.24, 2.45) is 0 Å². The monoisotopic (exact) mass is 263 g/mol. The first-order chi connectivity index (χ1) is 7.60. The summed E-state index contributed by atoms with van der Waals surface area (Å²) in [4.78, 5) is 10.4. The number of carbonyl (C=O) groups is 1. The lowest BCUT2D eigenvalue weighted by molar-refractivity contribution is 0.167. The first-order valence-electron chi connectivity index (χ1n) is 5.84. The van der Waals surface area contributed by atoms with Crippen molar-refractivity contribution in [3.63, 3.8) is 0 Å². The fourth-order valence-electron chi connectivity index (χ4n) is 1.06. The molecule has 0 unspecified atom stereocenters. The topological polar surface area (TPSA) is 78.8 Å². The van der Waals surface area contributed by atoms with Gasteiger partial charge in [0.05, 0.1) is 12.6 Å². The summed E-state index contributed by atoms with van der Waals surface area (Å²) in [5.41, 5.74) is 0. The van der Waals surface area contributed by atoms with Crippen LogP contribution in [0.3, 0.4) is 0 Å². The highest BCUT2D eigenvalue weighted by Gasteiger charge is 2.37. The third kappa shape index (κ3) is 6.04. The maximum Gasteiger partial charge on any atom is 0.404 e. The van der Waals surface area contributed by atoms with Crippen molar-refractivity contribution < 1.29 is 19.4 Å². The predicted molar refractivity (Wildman–Crippen MR) is 69.8 cm³/mol. The smallest absolute Gasteiger partial charge is 0.404 e. The molecule has 0 heterocycles. The van der Waals surface area contributed by atoms with Crippen LogP contribution < -0.4 is 5.32 Å². The van der Waals surface area contributed by atoms with Crippen LogP contribution >= 0.6 is 0 Å². The van der Waals surface area contributed by atoms with Crippen LogP contribution in [0.1, 0.15) is 27.2 Å². The van der Waals surface area contributed by atoms with E-state index in [1.54, 1.807) is 0 Å². The molecule has 0 aromatic rings. The molecule has 1 amide bonds. The number of nitrogens with one attached hydrogen (secondary N) is 1. The fraction of sp³-hybridized carbons (Fsp3) is 0.909. The molecule has 6 heteroatoms. The maximum absolute atomic E-state index is 10.4. The van der Waals surface area contributed by atoms with Crippen LogP contribution in [-0.4, -0.2) is 43.9 Å². The number of aliphatic hydroxyl groups is 1. The van der Waals surface area contributed by atoms with Crippen LogP contribution in [0.15, 0.2) is 0 Å². The van der Waals surface area contributed by atoms with Crippen molar-refractivity contribution in [3.8, 4) is 0 Å². The Bertz CT molecular complexity index is 250. The molecule has 0 radical (unpaired) electrons. The second-order valence-electron chi connectivity index (χ2n) is 5.73. The van der Waals surface area contributed by atoms with Crippen molar-refractivity contribution >= 4 is 14.4 Å². The Hall–Kier alpha value is -0.593. The summed E-state index contributed by atoms with van der Waals surface area (Å²) in [6.07, 6.45) is -0.619. The van der Waals surface area contributed by atoms with Gasteiger partial charge in [-0.15, -0.1) is 0 Å². The SMILES string of the molecule is CC(C)(C)[Si](C)(C)OCC[C@H](CO)NC(=O)O. The Morgan fingerprint density at radius 1 is 1.41 bits per heavy atom. The van der Waals surface area contributed by atoms with Gasteiger partial charge in [-0.1, -0.05) is 20.8 Å². The second-order valence-corrected chi connectivity index (χ2v) is 10.5. The van der Waals surface area contributed by atoms with Gasteiger partial charge in [0.2, 0.25) is 0 Å². The van der Waals surface area contributed by atoms with Crippen LogP contribution in [0.2, 0.25) is 18.1 Å². The third-order valence-electron chi connectivity index (χ3n) is 3.28. The molecule has 0 spiro atoms. The predicted octanol–water partition coefficient (Wildman–Crippen LogP) is 2.03. The van der Waals surface area contributed by atoms with Gasteiger partial charge in [0.25, 0.3) is 0 Å². The van der Waals surface area contributed by atoms with Crippen molar-refractivity contribution in [2.75, 3.05) is 13.2 Å². The molecule has 17 heavy (non-hydrogen) atoms. The zero-order chi connectivity index (χ0) is 13.7. The normalized spacial score (nSPS) is 14.5.